The van der Waals surface area contributed by atoms with E-state index >= 15 is 0 Å². The molecule has 0 aromatic carbocycles. The Hall–Kier alpha value is -2.31. The number of anilines is 1. The molecular formula is C11H12FN5O. The molecule has 7 heteroatoms. The Kier molecular flexibility index (Phi) is 3.61. The number of halogens is 1. The molecule has 18 heavy (non-hydrogen) atoms. The normalized spacial score (nSPS) is 12.3. The summed E-state index contributed by atoms with van der Waals surface area (Å²) < 4.78 is 12.6. The lowest BCUT2D eigenvalue weighted by atomic mass is 10.0. The van der Waals surface area contributed by atoms with Gasteiger partial charge in [-0.05, 0) is 12.5 Å². The van der Waals surface area contributed by atoms with Crippen molar-refractivity contribution < 1.29 is 4.39 Å². The van der Waals surface area contributed by atoms with E-state index in [1.165, 1.54) is 24.5 Å². The van der Waals surface area contributed by atoms with Gasteiger partial charge in [0.15, 0.2) is 0 Å². The van der Waals surface area contributed by atoms with Crippen LogP contribution in [-0.2, 0) is 0 Å². The van der Waals surface area contributed by atoms with Crippen LogP contribution in [-0.4, -0.2) is 26.6 Å². The highest BCUT2D eigenvalue weighted by Gasteiger charge is 2.19. The van der Waals surface area contributed by atoms with Gasteiger partial charge in [-0.2, -0.15) is 0 Å². The van der Waals surface area contributed by atoms with E-state index in [-0.39, 0.29) is 12.0 Å². The number of aromatic nitrogens is 4. The summed E-state index contributed by atoms with van der Waals surface area (Å²) in [6.07, 6.45) is 2.99. The van der Waals surface area contributed by atoms with E-state index in [0.29, 0.717) is 17.5 Å². The maximum atomic E-state index is 12.6. The van der Waals surface area contributed by atoms with Gasteiger partial charge in [-0.1, -0.05) is 0 Å². The summed E-state index contributed by atoms with van der Waals surface area (Å²) in [5, 5.41) is 0. The molecule has 2 aromatic heterocycles. The first-order valence-corrected chi connectivity index (χ1v) is 5.40. The van der Waals surface area contributed by atoms with Gasteiger partial charge in [0.1, 0.15) is 17.5 Å². The lowest BCUT2D eigenvalue weighted by Crippen LogP contribution is -2.16. The molecule has 6 nitrogen and oxygen atoms in total. The van der Waals surface area contributed by atoms with Gasteiger partial charge >= 0.3 is 0 Å². The number of hydrogen-bond donors (Lipinski definition) is 2. The zero-order valence-corrected chi connectivity index (χ0v) is 9.51. The van der Waals surface area contributed by atoms with E-state index in [1.54, 1.807) is 0 Å². The van der Waals surface area contributed by atoms with Gasteiger partial charge in [0.2, 0.25) is 0 Å². The zero-order chi connectivity index (χ0) is 13.0. The predicted octanol–water partition coefficient (Wildman–Crippen LogP) is 0.634. The predicted molar refractivity (Wildman–Crippen MR) is 63.7 cm³/mol. The van der Waals surface area contributed by atoms with Crippen molar-refractivity contribution >= 4 is 5.82 Å². The van der Waals surface area contributed by atoms with Crippen molar-refractivity contribution in [3.05, 3.63) is 46.5 Å². The monoisotopic (exact) mass is 249 g/mol. The summed E-state index contributed by atoms with van der Waals surface area (Å²) in [5.74, 6) is 0.474. The minimum absolute atomic E-state index is 0.135. The van der Waals surface area contributed by atoms with Crippen LogP contribution in [0.3, 0.4) is 0 Å². The quantitative estimate of drug-likeness (QED) is 0.828. The fourth-order valence-corrected chi connectivity index (χ4v) is 1.62. The first-order valence-electron chi connectivity index (χ1n) is 5.40. The molecule has 0 fully saturated rings. The van der Waals surface area contributed by atoms with Gasteiger partial charge < -0.3 is 10.7 Å². The summed E-state index contributed by atoms with van der Waals surface area (Å²) in [5.41, 5.74) is 5.26. The Morgan fingerprint density at radius 2 is 2.11 bits per heavy atom. The molecule has 1 unspecified atom stereocenters. The molecule has 0 saturated carbocycles. The van der Waals surface area contributed by atoms with Gasteiger partial charge in [0.05, 0.1) is 12.6 Å². The first-order chi connectivity index (χ1) is 8.70. The Balaban J connectivity index is 2.42. The molecule has 0 aliphatic rings. The Bertz CT molecular complexity index is 585. The molecule has 1 atom stereocenters. The number of alkyl halides is 1. The second kappa shape index (κ2) is 5.35. The Labute approximate surface area is 102 Å². The summed E-state index contributed by atoms with van der Waals surface area (Å²) in [4.78, 5) is 25.9. The maximum absolute atomic E-state index is 12.6. The van der Waals surface area contributed by atoms with E-state index in [1.807, 2.05) is 0 Å². The zero-order valence-electron chi connectivity index (χ0n) is 9.51. The number of nitrogens with one attached hydrogen (secondary N) is 1. The lowest BCUT2D eigenvalue weighted by molar-refractivity contribution is 0.443. The SMILES string of the molecule is Nc1ccnc(C(CCF)c2nccc(=O)[nH]2)n1. The molecule has 0 aliphatic heterocycles. The number of nitrogen functional groups attached to an aromatic ring is 1. The topological polar surface area (TPSA) is 97.5 Å². The van der Waals surface area contributed by atoms with Crippen LogP contribution in [0.2, 0.25) is 0 Å². The summed E-state index contributed by atoms with van der Waals surface area (Å²) >= 11 is 0. The molecule has 3 N–H and O–H groups in total. The molecule has 2 rings (SSSR count). The highest BCUT2D eigenvalue weighted by atomic mass is 19.1. The lowest BCUT2D eigenvalue weighted by Gasteiger charge is -2.12. The molecule has 0 amide bonds. The average Bonchev–Trinajstić information content (AvgIpc) is 2.36. The van der Waals surface area contributed by atoms with Crippen molar-refractivity contribution in [2.24, 2.45) is 0 Å². The van der Waals surface area contributed by atoms with Crippen LogP contribution in [0.15, 0.2) is 29.3 Å². The molecular weight excluding hydrogens is 237 g/mol. The largest absolute Gasteiger partial charge is 0.384 e. The van der Waals surface area contributed by atoms with E-state index < -0.39 is 12.6 Å². The summed E-state index contributed by atoms with van der Waals surface area (Å²) in [6, 6.07) is 2.83. The van der Waals surface area contributed by atoms with Crippen LogP contribution in [0, 0.1) is 0 Å². The third kappa shape index (κ3) is 2.68. The molecule has 0 saturated heterocycles. The maximum Gasteiger partial charge on any atom is 0.250 e. The number of nitrogens with two attached hydrogens (primary N) is 1. The summed E-state index contributed by atoms with van der Waals surface area (Å²) in [7, 11) is 0. The molecule has 94 valence electrons. The fraction of sp³-hybridized carbons (Fsp3) is 0.273. The van der Waals surface area contributed by atoms with Crippen LogP contribution in [0.1, 0.15) is 24.0 Å². The highest BCUT2D eigenvalue weighted by Crippen LogP contribution is 2.21. The fourth-order valence-electron chi connectivity index (χ4n) is 1.62. The van der Waals surface area contributed by atoms with Gasteiger partial charge in [0, 0.05) is 18.5 Å². The molecule has 0 aliphatic carbocycles. The first kappa shape index (κ1) is 12.2. The van der Waals surface area contributed by atoms with E-state index in [0.717, 1.165) is 0 Å². The Morgan fingerprint density at radius 1 is 1.33 bits per heavy atom. The molecule has 0 radical (unpaired) electrons. The second-order valence-corrected chi connectivity index (χ2v) is 3.69. The van der Waals surface area contributed by atoms with Gasteiger partial charge in [-0.15, -0.1) is 0 Å². The van der Waals surface area contributed by atoms with Crippen molar-refractivity contribution in [3.63, 3.8) is 0 Å². The number of rotatable bonds is 4. The minimum Gasteiger partial charge on any atom is -0.384 e. The number of H-pyrrole nitrogens is 1. The van der Waals surface area contributed by atoms with E-state index in [4.69, 9.17) is 5.73 Å². The van der Waals surface area contributed by atoms with Gasteiger partial charge in [0.25, 0.3) is 5.56 Å². The second-order valence-electron chi connectivity index (χ2n) is 3.69. The van der Waals surface area contributed by atoms with Crippen LogP contribution in [0.25, 0.3) is 0 Å². The van der Waals surface area contributed by atoms with E-state index in [2.05, 4.69) is 19.9 Å². The third-order valence-corrected chi connectivity index (χ3v) is 2.43. The van der Waals surface area contributed by atoms with Gasteiger partial charge in [-0.25, -0.2) is 15.0 Å². The number of aromatic amines is 1. The Morgan fingerprint density at radius 3 is 2.78 bits per heavy atom. The van der Waals surface area contributed by atoms with E-state index in [9.17, 15) is 9.18 Å². The summed E-state index contributed by atoms with van der Waals surface area (Å²) in [6.45, 7) is -0.568. The molecule has 2 heterocycles. The molecule has 2 aromatic rings. The average molecular weight is 249 g/mol. The van der Waals surface area contributed by atoms with Crippen LogP contribution < -0.4 is 11.3 Å². The molecule has 0 bridgehead atoms. The van der Waals surface area contributed by atoms with Crippen LogP contribution in [0.5, 0.6) is 0 Å². The van der Waals surface area contributed by atoms with Crippen molar-refractivity contribution in [3.8, 4) is 0 Å². The smallest absolute Gasteiger partial charge is 0.250 e. The van der Waals surface area contributed by atoms with Crippen molar-refractivity contribution in [1.82, 2.24) is 19.9 Å². The van der Waals surface area contributed by atoms with Crippen molar-refractivity contribution in [2.75, 3.05) is 12.4 Å². The van der Waals surface area contributed by atoms with Crippen LogP contribution in [0.4, 0.5) is 10.2 Å². The van der Waals surface area contributed by atoms with Crippen molar-refractivity contribution in [1.29, 1.82) is 0 Å². The van der Waals surface area contributed by atoms with Crippen LogP contribution >= 0.6 is 0 Å². The van der Waals surface area contributed by atoms with Crippen molar-refractivity contribution in [2.45, 2.75) is 12.3 Å². The number of nitrogens with zero attached hydrogens (tertiary/aromatic N) is 3. The highest BCUT2D eigenvalue weighted by molar-refractivity contribution is 5.27. The number of hydrogen-bond acceptors (Lipinski definition) is 5. The van der Waals surface area contributed by atoms with Gasteiger partial charge in [-0.3, -0.25) is 9.18 Å². The third-order valence-electron chi connectivity index (χ3n) is 2.43. The minimum atomic E-state index is -0.568. The standard InChI is InChI=1S/C11H12FN5O/c12-4-1-7(10-14-5-2-8(13)16-10)11-15-6-3-9(18)17-11/h2-3,5-7H,1,4H2,(H2,13,14,16)(H,15,17,18). The molecule has 0 spiro atoms.